The first-order chi connectivity index (χ1) is 12.0. The largest absolute Gasteiger partial charge is 0.322 e. The third-order valence-corrected chi connectivity index (χ3v) is 5.88. The summed E-state index contributed by atoms with van der Waals surface area (Å²) in [7, 11) is 0. The number of carbonyl (C=O) groups is 2. The zero-order chi connectivity index (χ0) is 18.0. The number of amides is 2. The highest BCUT2D eigenvalue weighted by molar-refractivity contribution is 7.17. The smallest absolute Gasteiger partial charge is 0.258 e. The highest BCUT2D eigenvalue weighted by Crippen LogP contribution is 2.40. The van der Waals surface area contributed by atoms with Crippen LogP contribution < -0.4 is 10.6 Å². The number of aryl methyl sites for hydroxylation is 1. The van der Waals surface area contributed by atoms with Crippen LogP contribution in [0.15, 0.2) is 24.3 Å². The molecule has 0 bridgehead atoms. The van der Waals surface area contributed by atoms with E-state index in [1.54, 1.807) is 11.3 Å². The summed E-state index contributed by atoms with van der Waals surface area (Å²) < 4.78 is 0. The fourth-order valence-electron chi connectivity index (χ4n) is 3.19. The van der Waals surface area contributed by atoms with Crippen LogP contribution in [0, 0.1) is 12.8 Å². The van der Waals surface area contributed by atoms with Crippen molar-refractivity contribution < 1.29 is 9.59 Å². The Morgan fingerprint density at radius 1 is 1.24 bits per heavy atom. The third kappa shape index (κ3) is 3.76. The van der Waals surface area contributed by atoms with Crippen LogP contribution in [0.4, 0.5) is 10.7 Å². The Kier molecular flexibility index (Phi) is 5.23. The molecule has 3 rings (SSSR count). The molecule has 0 unspecified atom stereocenters. The van der Waals surface area contributed by atoms with Gasteiger partial charge in [-0.2, -0.15) is 0 Å². The Morgan fingerprint density at radius 2 is 2.00 bits per heavy atom. The molecule has 0 saturated carbocycles. The molecule has 4 nitrogen and oxygen atoms in total. The molecule has 1 aliphatic carbocycles. The lowest BCUT2D eigenvalue weighted by Gasteiger charge is -2.19. The van der Waals surface area contributed by atoms with E-state index in [-0.39, 0.29) is 11.8 Å². The van der Waals surface area contributed by atoms with Gasteiger partial charge in [-0.15, -0.1) is 11.3 Å². The molecule has 0 saturated heterocycles. The topological polar surface area (TPSA) is 58.2 Å². The first kappa shape index (κ1) is 17.7. The molecule has 2 aromatic rings. The van der Waals surface area contributed by atoms with E-state index < -0.39 is 0 Å². The SMILES string of the molecule is CCC(=O)Nc1sc2c(c1C(=O)Nc1ccccc1C)CC[C@H](C)C2. The standard InChI is InChI=1S/C20H24N2O2S/c1-4-17(23)22-20-18(14-10-9-12(2)11-16(14)25-20)19(24)21-15-8-6-5-7-13(15)3/h5-8,12H,4,9-11H2,1-3H3,(H,21,24)(H,22,23)/t12-/m0/s1. The van der Waals surface area contributed by atoms with E-state index in [4.69, 9.17) is 0 Å². The minimum absolute atomic E-state index is 0.0587. The van der Waals surface area contributed by atoms with Crippen LogP contribution in [0.3, 0.4) is 0 Å². The van der Waals surface area contributed by atoms with E-state index >= 15 is 0 Å². The number of hydrogen-bond acceptors (Lipinski definition) is 3. The van der Waals surface area contributed by atoms with Crippen LogP contribution in [0.25, 0.3) is 0 Å². The molecular formula is C20H24N2O2S. The number of thiophene rings is 1. The van der Waals surface area contributed by atoms with E-state index in [1.807, 2.05) is 38.1 Å². The highest BCUT2D eigenvalue weighted by atomic mass is 32.1. The van der Waals surface area contributed by atoms with Gasteiger partial charge in [-0.1, -0.05) is 32.0 Å². The van der Waals surface area contributed by atoms with Gasteiger partial charge in [0.25, 0.3) is 5.91 Å². The fourth-order valence-corrected chi connectivity index (χ4v) is 4.62. The molecule has 1 atom stereocenters. The van der Waals surface area contributed by atoms with Gasteiger partial charge in [-0.3, -0.25) is 9.59 Å². The second kappa shape index (κ2) is 7.40. The van der Waals surface area contributed by atoms with Crippen molar-refractivity contribution in [3.05, 3.63) is 45.8 Å². The first-order valence-electron chi connectivity index (χ1n) is 8.81. The summed E-state index contributed by atoms with van der Waals surface area (Å²) in [5.74, 6) is 0.428. The van der Waals surface area contributed by atoms with Gasteiger partial charge in [0.05, 0.1) is 5.56 Å². The van der Waals surface area contributed by atoms with Crippen molar-refractivity contribution >= 4 is 33.8 Å². The first-order valence-corrected chi connectivity index (χ1v) is 9.62. The number of fused-ring (bicyclic) bond motifs is 1. The molecule has 132 valence electrons. The number of rotatable bonds is 4. The van der Waals surface area contributed by atoms with E-state index in [9.17, 15) is 9.59 Å². The Hall–Kier alpha value is -2.14. The van der Waals surface area contributed by atoms with Crippen LogP contribution in [-0.2, 0) is 17.6 Å². The maximum absolute atomic E-state index is 13.0. The van der Waals surface area contributed by atoms with Crippen molar-refractivity contribution in [2.24, 2.45) is 5.92 Å². The molecule has 1 heterocycles. The summed E-state index contributed by atoms with van der Waals surface area (Å²) in [6, 6.07) is 7.73. The average molecular weight is 356 g/mol. The van der Waals surface area contributed by atoms with Crippen LogP contribution in [0.1, 0.15) is 53.1 Å². The lowest BCUT2D eigenvalue weighted by atomic mass is 9.88. The molecule has 2 amide bonds. The van der Waals surface area contributed by atoms with Crippen molar-refractivity contribution in [2.45, 2.75) is 46.5 Å². The van der Waals surface area contributed by atoms with Gasteiger partial charge in [-0.05, 0) is 49.3 Å². The van der Waals surface area contributed by atoms with E-state index in [2.05, 4.69) is 17.6 Å². The van der Waals surface area contributed by atoms with Gasteiger partial charge in [0, 0.05) is 17.0 Å². The maximum Gasteiger partial charge on any atom is 0.258 e. The number of nitrogens with one attached hydrogen (secondary N) is 2. The number of carbonyl (C=O) groups excluding carboxylic acids is 2. The van der Waals surface area contributed by atoms with Crippen LogP contribution in [0.5, 0.6) is 0 Å². The van der Waals surface area contributed by atoms with Crippen LogP contribution in [-0.4, -0.2) is 11.8 Å². The molecular weight excluding hydrogens is 332 g/mol. The maximum atomic E-state index is 13.0. The molecule has 0 fully saturated rings. The molecule has 1 aromatic heterocycles. The third-order valence-electron chi connectivity index (χ3n) is 4.71. The molecule has 1 aromatic carbocycles. The predicted molar refractivity (Wildman–Crippen MR) is 104 cm³/mol. The normalized spacial score (nSPS) is 16.2. The molecule has 5 heteroatoms. The van der Waals surface area contributed by atoms with Crippen molar-refractivity contribution in [3.8, 4) is 0 Å². The van der Waals surface area contributed by atoms with Crippen LogP contribution in [0.2, 0.25) is 0 Å². The number of anilines is 2. The minimum atomic E-state index is -0.132. The molecule has 0 radical (unpaired) electrons. The van der Waals surface area contributed by atoms with Crippen molar-refractivity contribution in [1.29, 1.82) is 0 Å². The molecule has 2 N–H and O–H groups in total. The van der Waals surface area contributed by atoms with E-state index in [1.165, 1.54) is 4.88 Å². The molecule has 0 aliphatic heterocycles. The fraction of sp³-hybridized carbons (Fsp3) is 0.400. The van der Waals surface area contributed by atoms with Gasteiger partial charge in [0.1, 0.15) is 5.00 Å². The van der Waals surface area contributed by atoms with Gasteiger partial charge in [0.2, 0.25) is 5.91 Å². The summed E-state index contributed by atoms with van der Waals surface area (Å²) in [6.07, 6.45) is 3.35. The van der Waals surface area contributed by atoms with E-state index in [0.29, 0.717) is 22.9 Å². The second-order valence-electron chi connectivity index (χ2n) is 6.73. The quantitative estimate of drug-likeness (QED) is 0.828. The molecule has 0 spiro atoms. The van der Waals surface area contributed by atoms with Gasteiger partial charge >= 0.3 is 0 Å². The predicted octanol–water partition coefficient (Wildman–Crippen LogP) is 4.78. The van der Waals surface area contributed by atoms with Gasteiger partial charge < -0.3 is 10.6 Å². The van der Waals surface area contributed by atoms with Gasteiger partial charge in [-0.25, -0.2) is 0 Å². The van der Waals surface area contributed by atoms with Gasteiger partial charge in [0.15, 0.2) is 0 Å². The van der Waals surface area contributed by atoms with Crippen molar-refractivity contribution in [2.75, 3.05) is 10.6 Å². The van der Waals surface area contributed by atoms with E-state index in [0.717, 1.165) is 36.1 Å². The lowest BCUT2D eigenvalue weighted by molar-refractivity contribution is -0.115. The lowest BCUT2D eigenvalue weighted by Crippen LogP contribution is -2.19. The highest BCUT2D eigenvalue weighted by Gasteiger charge is 2.28. The average Bonchev–Trinajstić information content (AvgIpc) is 2.93. The number of hydrogen-bond donors (Lipinski definition) is 2. The number of benzene rings is 1. The second-order valence-corrected chi connectivity index (χ2v) is 7.83. The Bertz CT molecular complexity index is 810. The zero-order valence-corrected chi connectivity index (χ0v) is 15.8. The Morgan fingerprint density at radius 3 is 2.72 bits per heavy atom. The Balaban J connectivity index is 1.96. The van der Waals surface area contributed by atoms with Crippen LogP contribution >= 0.6 is 11.3 Å². The summed E-state index contributed by atoms with van der Waals surface area (Å²) in [4.78, 5) is 26.2. The van der Waals surface area contributed by atoms with Crippen molar-refractivity contribution in [1.82, 2.24) is 0 Å². The summed E-state index contributed by atoms with van der Waals surface area (Å²) >= 11 is 1.56. The zero-order valence-electron chi connectivity index (χ0n) is 14.9. The molecule has 1 aliphatic rings. The summed E-state index contributed by atoms with van der Waals surface area (Å²) in [6.45, 7) is 6.03. The monoisotopic (exact) mass is 356 g/mol. The summed E-state index contributed by atoms with van der Waals surface area (Å²) in [5, 5.41) is 6.65. The summed E-state index contributed by atoms with van der Waals surface area (Å²) in [5.41, 5.74) is 3.59. The number of para-hydroxylation sites is 1. The minimum Gasteiger partial charge on any atom is -0.322 e. The van der Waals surface area contributed by atoms with Crippen molar-refractivity contribution in [3.63, 3.8) is 0 Å². The Labute approximate surface area is 152 Å². The molecule has 25 heavy (non-hydrogen) atoms.